The van der Waals surface area contributed by atoms with Crippen molar-refractivity contribution in [2.75, 3.05) is 13.1 Å². The average Bonchev–Trinajstić information content (AvgIpc) is 2.26. The van der Waals surface area contributed by atoms with Crippen molar-refractivity contribution in [3.63, 3.8) is 0 Å². The van der Waals surface area contributed by atoms with E-state index >= 15 is 0 Å². The molecule has 0 aromatic heterocycles. The summed E-state index contributed by atoms with van der Waals surface area (Å²) in [6, 6.07) is 1.17. The zero-order chi connectivity index (χ0) is 11.3. The normalized spacial score (nSPS) is 27.6. The molecule has 0 amide bonds. The van der Waals surface area contributed by atoms with Gasteiger partial charge in [-0.05, 0) is 45.1 Å². The third-order valence-electron chi connectivity index (χ3n) is 3.84. The highest BCUT2D eigenvalue weighted by molar-refractivity contribution is 4.82. The van der Waals surface area contributed by atoms with Gasteiger partial charge in [-0.15, -0.1) is 0 Å². The van der Waals surface area contributed by atoms with Crippen molar-refractivity contribution in [1.82, 2.24) is 4.90 Å². The van der Waals surface area contributed by atoms with Crippen LogP contribution in [0.3, 0.4) is 0 Å². The number of nitrogens with zero attached hydrogens (tertiary/aromatic N) is 1. The summed E-state index contributed by atoms with van der Waals surface area (Å²) >= 11 is 0. The van der Waals surface area contributed by atoms with E-state index in [2.05, 4.69) is 25.7 Å². The van der Waals surface area contributed by atoms with Crippen molar-refractivity contribution in [2.24, 2.45) is 11.7 Å². The molecule has 2 nitrogen and oxygen atoms in total. The van der Waals surface area contributed by atoms with E-state index in [0.717, 1.165) is 12.0 Å². The SMILES string of the molecule is CCCC(CC)N1CCCC(C(C)N)C1. The van der Waals surface area contributed by atoms with E-state index in [1.165, 1.54) is 45.2 Å². The van der Waals surface area contributed by atoms with Crippen LogP contribution in [-0.4, -0.2) is 30.1 Å². The maximum atomic E-state index is 6.02. The minimum absolute atomic E-state index is 0.368. The van der Waals surface area contributed by atoms with Crippen LogP contribution in [0.5, 0.6) is 0 Å². The average molecular weight is 212 g/mol. The summed E-state index contributed by atoms with van der Waals surface area (Å²) in [5, 5.41) is 0. The lowest BCUT2D eigenvalue weighted by Crippen LogP contribution is -2.46. The van der Waals surface area contributed by atoms with Gasteiger partial charge in [-0.25, -0.2) is 0 Å². The Labute approximate surface area is 95.2 Å². The van der Waals surface area contributed by atoms with E-state index in [9.17, 15) is 0 Å². The Bertz CT molecular complexity index is 168. The molecule has 1 fully saturated rings. The number of rotatable bonds is 5. The van der Waals surface area contributed by atoms with E-state index in [4.69, 9.17) is 5.73 Å². The Morgan fingerprint density at radius 1 is 1.40 bits per heavy atom. The molecule has 3 atom stereocenters. The highest BCUT2D eigenvalue weighted by atomic mass is 15.2. The van der Waals surface area contributed by atoms with Gasteiger partial charge in [0.05, 0.1) is 0 Å². The Kier molecular flexibility index (Phi) is 5.62. The van der Waals surface area contributed by atoms with Gasteiger partial charge in [0.2, 0.25) is 0 Å². The van der Waals surface area contributed by atoms with Crippen molar-refractivity contribution in [2.45, 2.75) is 65.0 Å². The molecule has 0 aromatic rings. The minimum atomic E-state index is 0.368. The second-order valence-corrected chi connectivity index (χ2v) is 5.11. The molecule has 1 rings (SSSR count). The fraction of sp³-hybridized carbons (Fsp3) is 1.00. The predicted molar refractivity (Wildman–Crippen MR) is 66.9 cm³/mol. The first-order valence-corrected chi connectivity index (χ1v) is 6.68. The molecule has 90 valence electrons. The molecule has 0 bridgehead atoms. The second kappa shape index (κ2) is 6.49. The Balaban J connectivity index is 2.46. The maximum Gasteiger partial charge on any atom is 0.00926 e. The van der Waals surface area contributed by atoms with Gasteiger partial charge in [-0.1, -0.05) is 20.3 Å². The lowest BCUT2D eigenvalue weighted by atomic mass is 9.90. The van der Waals surface area contributed by atoms with Gasteiger partial charge in [0.25, 0.3) is 0 Å². The van der Waals surface area contributed by atoms with E-state index in [0.29, 0.717) is 6.04 Å². The molecule has 2 N–H and O–H groups in total. The third-order valence-corrected chi connectivity index (χ3v) is 3.84. The van der Waals surface area contributed by atoms with Crippen LogP contribution in [0.2, 0.25) is 0 Å². The lowest BCUT2D eigenvalue weighted by Gasteiger charge is -2.39. The van der Waals surface area contributed by atoms with Crippen LogP contribution in [0, 0.1) is 5.92 Å². The summed E-state index contributed by atoms with van der Waals surface area (Å²) < 4.78 is 0. The van der Waals surface area contributed by atoms with Gasteiger partial charge >= 0.3 is 0 Å². The second-order valence-electron chi connectivity index (χ2n) is 5.11. The van der Waals surface area contributed by atoms with Gasteiger partial charge in [0.1, 0.15) is 0 Å². The molecule has 0 aromatic carbocycles. The lowest BCUT2D eigenvalue weighted by molar-refractivity contribution is 0.105. The van der Waals surface area contributed by atoms with Gasteiger partial charge in [-0.3, -0.25) is 0 Å². The van der Waals surface area contributed by atoms with Gasteiger partial charge < -0.3 is 10.6 Å². The molecule has 0 aliphatic carbocycles. The van der Waals surface area contributed by atoms with Crippen molar-refractivity contribution in [3.8, 4) is 0 Å². The third kappa shape index (κ3) is 3.76. The molecule has 1 aliphatic heterocycles. The number of hydrogen-bond acceptors (Lipinski definition) is 2. The van der Waals surface area contributed by atoms with Crippen LogP contribution in [0.4, 0.5) is 0 Å². The first-order valence-electron chi connectivity index (χ1n) is 6.68. The summed E-state index contributed by atoms with van der Waals surface area (Å²) in [5.74, 6) is 0.727. The van der Waals surface area contributed by atoms with Crippen LogP contribution >= 0.6 is 0 Å². The maximum absolute atomic E-state index is 6.02. The molecule has 1 aliphatic rings. The van der Waals surface area contributed by atoms with Crippen molar-refractivity contribution in [1.29, 1.82) is 0 Å². The topological polar surface area (TPSA) is 29.3 Å². The van der Waals surface area contributed by atoms with Crippen LogP contribution in [0.1, 0.15) is 52.9 Å². The van der Waals surface area contributed by atoms with Gasteiger partial charge in [-0.2, -0.15) is 0 Å². The number of likely N-dealkylation sites (tertiary alicyclic amines) is 1. The Morgan fingerprint density at radius 3 is 2.67 bits per heavy atom. The highest BCUT2D eigenvalue weighted by Gasteiger charge is 2.26. The predicted octanol–water partition coefficient (Wildman–Crippen LogP) is 2.62. The number of piperidine rings is 1. The number of hydrogen-bond donors (Lipinski definition) is 1. The van der Waals surface area contributed by atoms with E-state index < -0.39 is 0 Å². The van der Waals surface area contributed by atoms with Crippen LogP contribution in [-0.2, 0) is 0 Å². The summed E-state index contributed by atoms with van der Waals surface area (Å²) in [7, 11) is 0. The Hall–Kier alpha value is -0.0800. The number of nitrogens with two attached hydrogens (primary N) is 1. The molecule has 0 saturated carbocycles. The largest absolute Gasteiger partial charge is 0.328 e. The van der Waals surface area contributed by atoms with Crippen molar-refractivity contribution >= 4 is 0 Å². The molecular weight excluding hydrogens is 184 g/mol. The molecule has 0 radical (unpaired) electrons. The summed E-state index contributed by atoms with van der Waals surface area (Å²) in [6.45, 7) is 9.29. The minimum Gasteiger partial charge on any atom is -0.328 e. The van der Waals surface area contributed by atoms with Gasteiger partial charge in [0.15, 0.2) is 0 Å². The van der Waals surface area contributed by atoms with E-state index in [-0.39, 0.29) is 0 Å². The van der Waals surface area contributed by atoms with Crippen LogP contribution in [0.25, 0.3) is 0 Å². The Morgan fingerprint density at radius 2 is 2.13 bits per heavy atom. The monoisotopic (exact) mass is 212 g/mol. The molecule has 1 saturated heterocycles. The summed E-state index contributed by atoms with van der Waals surface area (Å²) in [5.41, 5.74) is 6.02. The zero-order valence-electron chi connectivity index (χ0n) is 10.7. The first-order chi connectivity index (χ1) is 7.19. The smallest absolute Gasteiger partial charge is 0.00926 e. The quantitative estimate of drug-likeness (QED) is 0.759. The standard InChI is InChI=1S/C13H28N2/c1-4-7-13(5-2)15-9-6-8-12(10-15)11(3)14/h11-13H,4-10,14H2,1-3H3. The fourth-order valence-electron chi connectivity index (χ4n) is 2.78. The first kappa shape index (κ1) is 13.0. The summed E-state index contributed by atoms with van der Waals surface area (Å²) in [4.78, 5) is 2.68. The molecule has 0 spiro atoms. The fourth-order valence-corrected chi connectivity index (χ4v) is 2.78. The highest BCUT2D eigenvalue weighted by Crippen LogP contribution is 2.23. The zero-order valence-corrected chi connectivity index (χ0v) is 10.7. The van der Waals surface area contributed by atoms with Crippen molar-refractivity contribution < 1.29 is 0 Å². The molecule has 2 heteroatoms. The molecule has 3 unspecified atom stereocenters. The van der Waals surface area contributed by atoms with E-state index in [1.54, 1.807) is 0 Å². The van der Waals surface area contributed by atoms with Gasteiger partial charge in [0, 0.05) is 18.6 Å². The molecular formula is C13H28N2. The van der Waals surface area contributed by atoms with Crippen LogP contribution < -0.4 is 5.73 Å². The van der Waals surface area contributed by atoms with E-state index in [1.807, 2.05) is 0 Å². The molecule has 1 heterocycles. The van der Waals surface area contributed by atoms with Crippen LogP contribution in [0.15, 0.2) is 0 Å². The molecule has 15 heavy (non-hydrogen) atoms. The van der Waals surface area contributed by atoms with Crippen molar-refractivity contribution in [3.05, 3.63) is 0 Å². The summed E-state index contributed by atoms with van der Waals surface area (Å²) in [6.07, 6.45) is 6.61.